The van der Waals surface area contributed by atoms with Gasteiger partial charge in [0, 0.05) is 12.4 Å². The highest BCUT2D eigenvalue weighted by molar-refractivity contribution is 5.70. The van der Waals surface area contributed by atoms with Gasteiger partial charge in [0.15, 0.2) is 0 Å². The monoisotopic (exact) mass is 274 g/mol. The van der Waals surface area contributed by atoms with E-state index in [4.69, 9.17) is 4.74 Å². The van der Waals surface area contributed by atoms with Gasteiger partial charge in [0.25, 0.3) is 0 Å². The van der Waals surface area contributed by atoms with E-state index in [0.717, 1.165) is 5.65 Å². The SMILES string of the molecule is CCOC(=O)CC(O)c1cn2cc(C3CC3)ccc2n1. The van der Waals surface area contributed by atoms with Crippen LogP contribution in [0, 0.1) is 0 Å². The molecular formula is C15H18N2O3. The zero-order valence-electron chi connectivity index (χ0n) is 11.5. The number of ether oxygens (including phenoxy) is 1. The first-order chi connectivity index (χ1) is 9.67. The number of carbonyl (C=O) groups excluding carboxylic acids is 1. The van der Waals surface area contributed by atoms with Gasteiger partial charge >= 0.3 is 5.97 Å². The first-order valence-corrected chi connectivity index (χ1v) is 6.99. The lowest BCUT2D eigenvalue weighted by atomic mass is 10.2. The molecule has 0 aliphatic heterocycles. The lowest BCUT2D eigenvalue weighted by Gasteiger charge is -2.06. The van der Waals surface area contributed by atoms with E-state index in [2.05, 4.69) is 17.2 Å². The molecule has 1 aliphatic rings. The highest BCUT2D eigenvalue weighted by Crippen LogP contribution is 2.39. The van der Waals surface area contributed by atoms with Gasteiger partial charge < -0.3 is 14.2 Å². The van der Waals surface area contributed by atoms with Crippen molar-refractivity contribution in [2.75, 3.05) is 6.61 Å². The van der Waals surface area contributed by atoms with Gasteiger partial charge in [0.2, 0.25) is 0 Å². The van der Waals surface area contributed by atoms with Crippen LogP contribution in [0.3, 0.4) is 0 Å². The summed E-state index contributed by atoms with van der Waals surface area (Å²) in [5.41, 5.74) is 2.60. The summed E-state index contributed by atoms with van der Waals surface area (Å²) in [4.78, 5) is 15.7. The summed E-state index contributed by atoms with van der Waals surface area (Å²) in [5.74, 6) is 0.269. The Morgan fingerprint density at radius 1 is 1.50 bits per heavy atom. The zero-order chi connectivity index (χ0) is 14.1. The van der Waals surface area contributed by atoms with Crippen LogP contribution in [0.5, 0.6) is 0 Å². The summed E-state index contributed by atoms with van der Waals surface area (Å²) in [6.07, 6.45) is 5.36. The highest BCUT2D eigenvalue weighted by atomic mass is 16.5. The van der Waals surface area contributed by atoms with Gasteiger partial charge in [-0.05, 0) is 37.3 Å². The quantitative estimate of drug-likeness (QED) is 0.849. The minimum atomic E-state index is -0.918. The summed E-state index contributed by atoms with van der Waals surface area (Å²) in [6.45, 7) is 2.07. The molecule has 106 valence electrons. The zero-order valence-corrected chi connectivity index (χ0v) is 11.5. The van der Waals surface area contributed by atoms with Crippen LogP contribution in [0.4, 0.5) is 0 Å². The maximum absolute atomic E-state index is 11.4. The van der Waals surface area contributed by atoms with Crippen LogP contribution in [-0.4, -0.2) is 27.1 Å². The topological polar surface area (TPSA) is 63.8 Å². The molecule has 1 atom stereocenters. The fourth-order valence-corrected chi connectivity index (χ4v) is 2.33. The Labute approximate surface area is 117 Å². The van der Waals surface area contributed by atoms with E-state index in [-0.39, 0.29) is 6.42 Å². The molecule has 1 aliphatic carbocycles. The molecule has 1 N–H and O–H groups in total. The average molecular weight is 274 g/mol. The Kier molecular flexibility index (Phi) is 3.44. The molecule has 0 bridgehead atoms. The first-order valence-electron chi connectivity index (χ1n) is 6.99. The molecule has 2 heterocycles. The minimum Gasteiger partial charge on any atom is -0.466 e. The number of aliphatic hydroxyl groups excluding tert-OH is 1. The van der Waals surface area contributed by atoms with Crippen LogP contribution in [0.1, 0.15) is 49.5 Å². The Morgan fingerprint density at radius 3 is 3.00 bits per heavy atom. The third kappa shape index (κ3) is 2.67. The lowest BCUT2D eigenvalue weighted by molar-refractivity contribution is -0.145. The van der Waals surface area contributed by atoms with Crippen LogP contribution in [0.2, 0.25) is 0 Å². The standard InChI is InChI=1S/C15H18N2O3/c1-2-20-15(19)7-13(18)12-9-17-8-11(10-3-4-10)5-6-14(17)16-12/h5-6,8-10,13,18H,2-4,7H2,1H3. The molecule has 0 aromatic carbocycles. The number of pyridine rings is 1. The van der Waals surface area contributed by atoms with Crippen molar-refractivity contribution in [1.29, 1.82) is 0 Å². The fourth-order valence-electron chi connectivity index (χ4n) is 2.33. The van der Waals surface area contributed by atoms with E-state index in [1.165, 1.54) is 18.4 Å². The average Bonchev–Trinajstić information content (AvgIpc) is 3.17. The predicted molar refractivity (Wildman–Crippen MR) is 73.4 cm³/mol. The van der Waals surface area contributed by atoms with Crippen molar-refractivity contribution in [3.8, 4) is 0 Å². The predicted octanol–water partition coefficient (Wildman–Crippen LogP) is 2.20. The molecule has 5 nitrogen and oxygen atoms in total. The van der Waals surface area contributed by atoms with E-state index >= 15 is 0 Å². The van der Waals surface area contributed by atoms with Gasteiger partial charge in [-0.1, -0.05) is 6.07 Å². The molecule has 3 rings (SSSR count). The number of nitrogens with zero attached hydrogens (tertiary/aromatic N) is 2. The van der Waals surface area contributed by atoms with Crippen molar-refractivity contribution in [2.45, 2.75) is 38.2 Å². The molecule has 2 aromatic heterocycles. The number of esters is 1. The summed E-state index contributed by atoms with van der Waals surface area (Å²) in [7, 11) is 0. The largest absolute Gasteiger partial charge is 0.466 e. The normalized spacial score (nSPS) is 16.3. The van der Waals surface area contributed by atoms with Crippen molar-refractivity contribution in [3.63, 3.8) is 0 Å². The Bertz CT molecular complexity index is 631. The molecule has 1 saturated carbocycles. The fraction of sp³-hybridized carbons (Fsp3) is 0.467. The van der Waals surface area contributed by atoms with Gasteiger partial charge in [-0.25, -0.2) is 4.98 Å². The smallest absolute Gasteiger partial charge is 0.308 e. The number of hydrogen-bond acceptors (Lipinski definition) is 4. The van der Waals surface area contributed by atoms with Gasteiger partial charge in [-0.15, -0.1) is 0 Å². The van der Waals surface area contributed by atoms with Crippen molar-refractivity contribution >= 4 is 11.6 Å². The Morgan fingerprint density at radius 2 is 2.30 bits per heavy atom. The van der Waals surface area contributed by atoms with Gasteiger partial charge in [-0.2, -0.15) is 0 Å². The highest BCUT2D eigenvalue weighted by Gasteiger charge is 2.24. The second-order valence-corrected chi connectivity index (χ2v) is 5.19. The van der Waals surface area contributed by atoms with E-state index in [1.54, 1.807) is 13.1 Å². The third-order valence-corrected chi connectivity index (χ3v) is 3.55. The number of imidazole rings is 1. The van der Waals surface area contributed by atoms with Gasteiger partial charge in [0.1, 0.15) is 11.8 Å². The molecule has 0 radical (unpaired) electrons. The van der Waals surface area contributed by atoms with Crippen molar-refractivity contribution in [2.24, 2.45) is 0 Å². The molecule has 2 aromatic rings. The van der Waals surface area contributed by atoms with E-state index in [1.807, 2.05) is 10.5 Å². The van der Waals surface area contributed by atoms with Crippen LogP contribution in [-0.2, 0) is 9.53 Å². The second kappa shape index (κ2) is 5.25. The van der Waals surface area contributed by atoms with Crippen LogP contribution < -0.4 is 0 Å². The molecule has 0 saturated heterocycles. The van der Waals surface area contributed by atoms with E-state index in [9.17, 15) is 9.90 Å². The van der Waals surface area contributed by atoms with Gasteiger partial charge in [-0.3, -0.25) is 4.79 Å². The third-order valence-electron chi connectivity index (χ3n) is 3.55. The lowest BCUT2D eigenvalue weighted by Crippen LogP contribution is -2.10. The summed E-state index contributed by atoms with van der Waals surface area (Å²) in [6, 6.07) is 4.04. The van der Waals surface area contributed by atoms with Crippen LogP contribution >= 0.6 is 0 Å². The van der Waals surface area contributed by atoms with Crippen molar-refractivity contribution in [3.05, 3.63) is 35.8 Å². The molecule has 5 heteroatoms. The number of rotatable bonds is 5. The summed E-state index contributed by atoms with van der Waals surface area (Å²) in [5, 5.41) is 10.0. The summed E-state index contributed by atoms with van der Waals surface area (Å²) >= 11 is 0. The Hall–Kier alpha value is -1.88. The number of fused-ring (bicyclic) bond motifs is 1. The number of carbonyl (C=O) groups is 1. The first kappa shape index (κ1) is 13.1. The molecule has 1 unspecified atom stereocenters. The number of aromatic nitrogens is 2. The number of aliphatic hydroxyl groups is 1. The van der Waals surface area contributed by atoms with Crippen LogP contribution in [0.15, 0.2) is 24.5 Å². The molecule has 0 spiro atoms. The molecule has 1 fully saturated rings. The van der Waals surface area contributed by atoms with E-state index in [0.29, 0.717) is 18.2 Å². The Balaban J connectivity index is 1.79. The summed E-state index contributed by atoms with van der Waals surface area (Å²) < 4.78 is 6.75. The van der Waals surface area contributed by atoms with Crippen molar-refractivity contribution in [1.82, 2.24) is 9.38 Å². The number of hydrogen-bond donors (Lipinski definition) is 1. The van der Waals surface area contributed by atoms with E-state index < -0.39 is 12.1 Å². The minimum absolute atomic E-state index is 0.0623. The van der Waals surface area contributed by atoms with Gasteiger partial charge in [0.05, 0.1) is 18.7 Å². The maximum atomic E-state index is 11.4. The second-order valence-electron chi connectivity index (χ2n) is 5.19. The molecular weight excluding hydrogens is 256 g/mol. The van der Waals surface area contributed by atoms with Crippen LogP contribution in [0.25, 0.3) is 5.65 Å². The maximum Gasteiger partial charge on any atom is 0.308 e. The molecule has 0 amide bonds. The van der Waals surface area contributed by atoms with Crippen molar-refractivity contribution < 1.29 is 14.6 Å². The molecule has 20 heavy (non-hydrogen) atoms.